The zero-order chi connectivity index (χ0) is 22.0. The van der Waals surface area contributed by atoms with E-state index in [9.17, 15) is 4.57 Å². The van der Waals surface area contributed by atoms with Gasteiger partial charge in [0.2, 0.25) is 0 Å². The van der Waals surface area contributed by atoms with Crippen molar-refractivity contribution in [3.8, 4) is 6.07 Å². The second-order valence-electron chi connectivity index (χ2n) is 7.58. The predicted octanol–water partition coefficient (Wildman–Crippen LogP) is 3.86. The SMILES string of the molecule is BC1COC(/C=C/P(=O)(OC)OC)C(OP(OCCC#N)N(C(C)C)C(C)C)C1. The molecule has 0 aromatic heterocycles. The summed E-state index contributed by atoms with van der Waals surface area (Å²) in [4.78, 5) is 0. The van der Waals surface area contributed by atoms with Crippen LogP contribution in [0, 0.1) is 11.3 Å². The Morgan fingerprint density at radius 3 is 2.45 bits per heavy atom. The lowest BCUT2D eigenvalue weighted by Gasteiger charge is -2.40. The molecule has 4 unspecified atom stereocenters. The largest absolute Gasteiger partial charge is 0.372 e. The van der Waals surface area contributed by atoms with Crippen LogP contribution in [-0.2, 0) is 27.4 Å². The van der Waals surface area contributed by atoms with Gasteiger partial charge in [-0.2, -0.15) is 5.26 Å². The molecule has 0 bridgehead atoms. The highest BCUT2D eigenvalue weighted by molar-refractivity contribution is 7.57. The normalized spacial score (nSPS) is 24.5. The maximum atomic E-state index is 12.4. The van der Waals surface area contributed by atoms with Crippen LogP contribution < -0.4 is 0 Å². The molecule has 0 radical (unpaired) electrons. The van der Waals surface area contributed by atoms with Crippen LogP contribution in [0.2, 0.25) is 5.82 Å². The fourth-order valence-electron chi connectivity index (χ4n) is 3.06. The van der Waals surface area contributed by atoms with Gasteiger partial charge >= 0.3 is 7.60 Å². The predicted molar refractivity (Wildman–Crippen MR) is 118 cm³/mol. The Bertz CT molecular complexity index is 585. The van der Waals surface area contributed by atoms with Gasteiger partial charge in [-0.1, -0.05) is 0 Å². The Morgan fingerprint density at radius 1 is 1.31 bits per heavy atom. The molecule has 1 heterocycles. The zero-order valence-electron chi connectivity index (χ0n) is 18.6. The molecule has 0 spiro atoms. The fraction of sp³-hybridized carbons (Fsp3) is 0.833. The molecule has 29 heavy (non-hydrogen) atoms. The molecule has 166 valence electrons. The molecule has 1 saturated heterocycles. The van der Waals surface area contributed by atoms with Gasteiger partial charge in [-0.05, 0) is 46.0 Å². The summed E-state index contributed by atoms with van der Waals surface area (Å²) in [5.74, 6) is 1.75. The molecule has 1 fully saturated rings. The molecule has 0 aromatic carbocycles. The molecule has 8 nitrogen and oxygen atoms in total. The van der Waals surface area contributed by atoms with Gasteiger partial charge in [-0.25, -0.2) is 4.67 Å². The minimum absolute atomic E-state index is 0.210. The molecule has 4 atom stereocenters. The van der Waals surface area contributed by atoms with E-state index in [1.165, 1.54) is 20.0 Å². The van der Waals surface area contributed by atoms with Crippen LogP contribution in [0.4, 0.5) is 0 Å². The fourth-order valence-corrected chi connectivity index (χ4v) is 5.58. The first-order chi connectivity index (χ1) is 13.7. The summed E-state index contributed by atoms with van der Waals surface area (Å²) in [6.07, 6.45) is 2.12. The monoisotopic (exact) mass is 448 g/mol. The van der Waals surface area contributed by atoms with Gasteiger partial charge in [0.25, 0.3) is 8.53 Å². The van der Waals surface area contributed by atoms with Crippen molar-refractivity contribution in [2.45, 2.75) is 70.6 Å². The number of hydrogen-bond donors (Lipinski definition) is 0. The van der Waals surface area contributed by atoms with Gasteiger partial charge in [-0.3, -0.25) is 4.57 Å². The summed E-state index contributed by atoms with van der Waals surface area (Å²) in [5, 5.41) is 8.87. The Hall–Kier alpha value is -0.285. The van der Waals surface area contributed by atoms with E-state index < -0.39 is 22.2 Å². The van der Waals surface area contributed by atoms with Crippen molar-refractivity contribution in [3.05, 3.63) is 11.9 Å². The number of rotatable bonds is 12. The zero-order valence-corrected chi connectivity index (χ0v) is 20.4. The quantitative estimate of drug-likeness (QED) is 0.253. The minimum atomic E-state index is -3.28. The summed E-state index contributed by atoms with van der Waals surface area (Å²) in [7, 11) is 0.117. The first-order valence-electron chi connectivity index (χ1n) is 9.94. The van der Waals surface area contributed by atoms with Crippen LogP contribution in [-0.4, -0.2) is 64.2 Å². The van der Waals surface area contributed by atoms with E-state index in [2.05, 4.69) is 46.3 Å². The number of nitrogens with zero attached hydrogens (tertiary/aromatic N) is 2. The first kappa shape index (κ1) is 26.7. The van der Waals surface area contributed by atoms with Crippen molar-refractivity contribution in [3.63, 3.8) is 0 Å². The summed E-state index contributed by atoms with van der Waals surface area (Å²) >= 11 is 0. The van der Waals surface area contributed by atoms with Crippen LogP contribution in [0.1, 0.15) is 40.5 Å². The van der Waals surface area contributed by atoms with Gasteiger partial charge in [0, 0.05) is 38.7 Å². The van der Waals surface area contributed by atoms with Crippen LogP contribution in [0.5, 0.6) is 0 Å². The average Bonchev–Trinajstić information content (AvgIpc) is 2.66. The smallest absolute Gasteiger partial charge is 0.353 e. The Kier molecular flexibility index (Phi) is 12.2. The Balaban J connectivity index is 3.04. The third-order valence-electron chi connectivity index (χ3n) is 4.43. The highest BCUT2D eigenvalue weighted by Crippen LogP contribution is 2.50. The molecular formula is C18H35BN2O6P2. The lowest BCUT2D eigenvalue weighted by Crippen LogP contribution is -2.40. The van der Waals surface area contributed by atoms with E-state index in [4.69, 9.17) is 28.1 Å². The average molecular weight is 448 g/mol. The van der Waals surface area contributed by atoms with Crippen molar-refractivity contribution in [2.24, 2.45) is 0 Å². The third kappa shape index (κ3) is 8.77. The second kappa shape index (κ2) is 13.2. The third-order valence-corrected chi connectivity index (χ3v) is 8.14. The topological polar surface area (TPSA) is 90.3 Å². The summed E-state index contributed by atoms with van der Waals surface area (Å²) < 4.78 is 42.9. The van der Waals surface area contributed by atoms with Crippen molar-refractivity contribution in [1.29, 1.82) is 5.26 Å². The second-order valence-corrected chi connectivity index (χ2v) is 11.1. The van der Waals surface area contributed by atoms with Crippen LogP contribution in [0.15, 0.2) is 11.9 Å². The molecule has 0 aliphatic carbocycles. The van der Waals surface area contributed by atoms with E-state index in [0.717, 1.165) is 6.42 Å². The molecule has 1 rings (SSSR count). The van der Waals surface area contributed by atoms with Crippen molar-refractivity contribution < 1.29 is 27.4 Å². The molecule has 0 saturated carbocycles. The summed E-state index contributed by atoms with van der Waals surface area (Å²) in [5.41, 5.74) is 0. The number of nitriles is 1. The van der Waals surface area contributed by atoms with E-state index >= 15 is 0 Å². The molecule has 11 heteroatoms. The molecule has 0 N–H and O–H groups in total. The minimum Gasteiger partial charge on any atom is -0.372 e. The highest BCUT2D eigenvalue weighted by atomic mass is 31.2. The first-order valence-corrected chi connectivity index (χ1v) is 12.7. The summed E-state index contributed by atoms with van der Waals surface area (Å²) in [6.45, 7) is 9.28. The van der Waals surface area contributed by atoms with E-state index in [1.54, 1.807) is 6.08 Å². The lowest BCUT2D eigenvalue weighted by atomic mass is 9.80. The Labute approximate surface area is 177 Å². The van der Waals surface area contributed by atoms with Gasteiger partial charge < -0.3 is 22.8 Å². The maximum absolute atomic E-state index is 12.4. The lowest BCUT2D eigenvalue weighted by molar-refractivity contribution is -0.0415. The molecule has 0 amide bonds. The van der Waals surface area contributed by atoms with Gasteiger partial charge in [0.05, 0.1) is 25.2 Å². The van der Waals surface area contributed by atoms with Crippen molar-refractivity contribution >= 4 is 24.0 Å². The molecule has 1 aliphatic rings. The highest BCUT2D eigenvalue weighted by Gasteiger charge is 2.36. The number of hydrogen-bond acceptors (Lipinski definition) is 8. The van der Waals surface area contributed by atoms with E-state index in [1.807, 2.05) is 0 Å². The van der Waals surface area contributed by atoms with Crippen LogP contribution in [0.3, 0.4) is 0 Å². The maximum Gasteiger partial charge on any atom is 0.353 e. The Morgan fingerprint density at radius 2 is 1.93 bits per heavy atom. The molecule has 1 aliphatic heterocycles. The molecular weight excluding hydrogens is 413 g/mol. The van der Waals surface area contributed by atoms with Crippen molar-refractivity contribution in [1.82, 2.24) is 4.67 Å². The molecule has 0 aromatic rings. The van der Waals surface area contributed by atoms with Gasteiger partial charge in [0.15, 0.2) is 0 Å². The van der Waals surface area contributed by atoms with Crippen molar-refractivity contribution in [2.75, 3.05) is 27.4 Å². The van der Waals surface area contributed by atoms with Crippen LogP contribution in [0.25, 0.3) is 0 Å². The van der Waals surface area contributed by atoms with Gasteiger partial charge in [-0.15, -0.1) is 0 Å². The number of ether oxygens (including phenoxy) is 1. The van der Waals surface area contributed by atoms with Gasteiger partial charge in [0.1, 0.15) is 14.0 Å². The van der Waals surface area contributed by atoms with E-state index in [0.29, 0.717) is 25.5 Å². The summed E-state index contributed by atoms with van der Waals surface area (Å²) in [6, 6.07) is 2.53. The standard InChI is InChI=1S/C18H35BN2O6P2/c1-14(2)21(15(3)4)28(26-10-7-9-20)27-18-12-16(19)13-25-17(18)8-11-29(22,23-5)24-6/h8,11,14-18H,7,10,12-13,19H2,1-6H3/b11-8+. The van der Waals surface area contributed by atoms with E-state index in [-0.39, 0.29) is 18.2 Å². The van der Waals surface area contributed by atoms with Crippen LogP contribution >= 0.6 is 16.1 Å².